The van der Waals surface area contributed by atoms with Crippen LogP contribution in [0.25, 0.3) is 0 Å². The summed E-state index contributed by atoms with van der Waals surface area (Å²) >= 11 is 0. The molecule has 2 rings (SSSR count). The van der Waals surface area contributed by atoms with Crippen LogP contribution in [-0.4, -0.2) is 25.3 Å². The zero-order valence-electron chi connectivity index (χ0n) is 12.9. The van der Waals surface area contributed by atoms with Crippen LogP contribution in [0.5, 0.6) is 5.75 Å². The molecule has 0 fully saturated rings. The smallest absolute Gasteiger partial charge is 0.299 e. The van der Waals surface area contributed by atoms with Crippen LogP contribution in [0.1, 0.15) is 55.8 Å². The standard InChI is InChI=1S/C17H23NO3/c1-3-4-5-6-7-8-11-18-15-10-9-13(21-2)12-14(15)16(19)17(18)20/h9-10,12H,3-8,11H2,1-2H3. The molecule has 0 aliphatic carbocycles. The topological polar surface area (TPSA) is 46.6 Å². The molecule has 4 heteroatoms. The molecule has 1 aliphatic rings. The highest BCUT2D eigenvalue weighted by Crippen LogP contribution is 2.32. The van der Waals surface area contributed by atoms with Crippen LogP contribution >= 0.6 is 0 Å². The molecule has 0 spiro atoms. The number of hydrogen-bond donors (Lipinski definition) is 0. The number of anilines is 1. The zero-order chi connectivity index (χ0) is 15.2. The van der Waals surface area contributed by atoms with Crippen LogP contribution in [0.4, 0.5) is 5.69 Å². The van der Waals surface area contributed by atoms with Gasteiger partial charge in [0.2, 0.25) is 0 Å². The minimum Gasteiger partial charge on any atom is -0.497 e. The number of benzene rings is 1. The number of ether oxygens (including phenoxy) is 1. The predicted octanol–water partition coefficient (Wildman–Crippen LogP) is 3.59. The summed E-state index contributed by atoms with van der Waals surface area (Å²) in [5.74, 6) is -0.224. The van der Waals surface area contributed by atoms with Crippen LogP contribution < -0.4 is 9.64 Å². The van der Waals surface area contributed by atoms with E-state index in [1.54, 1.807) is 30.2 Å². The molecule has 0 atom stereocenters. The second-order valence-electron chi connectivity index (χ2n) is 5.44. The summed E-state index contributed by atoms with van der Waals surface area (Å²) in [5, 5.41) is 0. The summed E-state index contributed by atoms with van der Waals surface area (Å²) in [4.78, 5) is 25.7. The van der Waals surface area contributed by atoms with E-state index >= 15 is 0 Å². The maximum atomic E-state index is 12.1. The highest BCUT2D eigenvalue weighted by atomic mass is 16.5. The fourth-order valence-corrected chi connectivity index (χ4v) is 2.68. The molecule has 1 heterocycles. The highest BCUT2D eigenvalue weighted by Gasteiger charge is 2.35. The van der Waals surface area contributed by atoms with Gasteiger partial charge in [0.15, 0.2) is 0 Å². The Labute approximate surface area is 126 Å². The number of fused-ring (bicyclic) bond motifs is 1. The number of carbonyl (C=O) groups is 2. The first-order chi connectivity index (χ1) is 10.2. The van der Waals surface area contributed by atoms with Gasteiger partial charge in [0, 0.05) is 6.54 Å². The van der Waals surface area contributed by atoms with Crippen molar-refractivity contribution in [2.75, 3.05) is 18.6 Å². The third kappa shape index (κ3) is 3.43. The SMILES string of the molecule is CCCCCCCCN1C(=O)C(=O)c2cc(OC)ccc21. The van der Waals surface area contributed by atoms with E-state index in [1.165, 1.54) is 25.7 Å². The second kappa shape index (κ2) is 7.25. The maximum absolute atomic E-state index is 12.1. The molecule has 1 aromatic rings. The lowest BCUT2D eigenvalue weighted by molar-refractivity contribution is -0.114. The average molecular weight is 289 g/mol. The Morgan fingerprint density at radius 1 is 1.05 bits per heavy atom. The summed E-state index contributed by atoms with van der Waals surface area (Å²) in [7, 11) is 1.55. The van der Waals surface area contributed by atoms with E-state index in [2.05, 4.69) is 6.92 Å². The molecular weight excluding hydrogens is 266 g/mol. The predicted molar refractivity (Wildman–Crippen MR) is 83.1 cm³/mol. The fourth-order valence-electron chi connectivity index (χ4n) is 2.68. The Bertz CT molecular complexity index is 525. The number of hydrogen-bond acceptors (Lipinski definition) is 3. The van der Waals surface area contributed by atoms with Crippen molar-refractivity contribution in [2.45, 2.75) is 45.4 Å². The van der Waals surface area contributed by atoms with Gasteiger partial charge in [0.1, 0.15) is 5.75 Å². The van der Waals surface area contributed by atoms with Crippen molar-refractivity contribution in [3.63, 3.8) is 0 Å². The molecule has 0 saturated carbocycles. The first-order valence-electron chi connectivity index (χ1n) is 7.73. The minimum atomic E-state index is -0.421. The Balaban J connectivity index is 1.96. The number of rotatable bonds is 8. The molecule has 1 aliphatic heterocycles. The molecule has 0 radical (unpaired) electrons. The van der Waals surface area contributed by atoms with Crippen LogP contribution in [0.2, 0.25) is 0 Å². The molecule has 0 bridgehead atoms. The first kappa shape index (κ1) is 15.5. The van der Waals surface area contributed by atoms with Gasteiger partial charge in [-0.2, -0.15) is 0 Å². The molecule has 1 aromatic carbocycles. The quantitative estimate of drug-likeness (QED) is 0.543. The van der Waals surface area contributed by atoms with E-state index in [4.69, 9.17) is 4.74 Å². The molecule has 0 unspecified atom stereocenters. The number of amides is 1. The number of unbranched alkanes of at least 4 members (excludes halogenated alkanes) is 5. The zero-order valence-corrected chi connectivity index (χ0v) is 12.9. The number of Topliss-reactive ketones (excluding diaryl/α,β-unsaturated/α-hetero) is 1. The van der Waals surface area contributed by atoms with Crippen molar-refractivity contribution >= 4 is 17.4 Å². The number of carbonyl (C=O) groups excluding carboxylic acids is 2. The van der Waals surface area contributed by atoms with Gasteiger partial charge < -0.3 is 9.64 Å². The van der Waals surface area contributed by atoms with Gasteiger partial charge in [0.05, 0.1) is 18.4 Å². The largest absolute Gasteiger partial charge is 0.497 e. The van der Waals surface area contributed by atoms with Crippen molar-refractivity contribution in [3.05, 3.63) is 23.8 Å². The van der Waals surface area contributed by atoms with E-state index in [0.717, 1.165) is 18.5 Å². The average Bonchev–Trinajstić information content (AvgIpc) is 2.75. The molecule has 4 nitrogen and oxygen atoms in total. The third-order valence-electron chi connectivity index (χ3n) is 3.91. The van der Waals surface area contributed by atoms with Gasteiger partial charge in [-0.3, -0.25) is 9.59 Å². The van der Waals surface area contributed by atoms with Gasteiger partial charge in [-0.15, -0.1) is 0 Å². The van der Waals surface area contributed by atoms with Gasteiger partial charge in [-0.25, -0.2) is 0 Å². The summed E-state index contributed by atoms with van der Waals surface area (Å²) in [6.45, 7) is 2.82. The van der Waals surface area contributed by atoms with E-state index in [9.17, 15) is 9.59 Å². The van der Waals surface area contributed by atoms with Crippen LogP contribution in [-0.2, 0) is 4.79 Å². The summed E-state index contributed by atoms with van der Waals surface area (Å²) in [5.41, 5.74) is 1.18. The van der Waals surface area contributed by atoms with Crippen molar-refractivity contribution in [1.29, 1.82) is 0 Å². The lowest BCUT2D eigenvalue weighted by Crippen LogP contribution is -2.30. The van der Waals surface area contributed by atoms with Gasteiger partial charge in [0.25, 0.3) is 11.7 Å². The number of ketones is 1. The first-order valence-corrected chi connectivity index (χ1v) is 7.73. The van der Waals surface area contributed by atoms with Crippen LogP contribution in [0, 0.1) is 0 Å². The van der Waals surface area contributed by atoms with E-state index in [1.807, 2.05) is 0 Å². The molecular formula is C17H23NO3. The van der Waals surface area contributed by atoms with Gasteiger partial charge in [-0.05, 0) is 24.6 Å². The number of methoxy groups -OCH3 is 1. The molecule has 21 heavy (non-hydrogen) atoms. The summed E-state index contributed by atoms with van der Waals surface area (Å²) in [6.07, 6.45) is 6.98. The molecule has 1 amide bonds. The van der Waals surface area contributed by atoms with Crippen LogP contribution in [0.15, 0.2) is 18.2 Å². The summed E-state index contributed by atoms with van der Waals surface area (Å²) < 4.78 is 5.11. The van der Waals surface area contributed by atoms with E-state index < -0.39 is 11.7 Å². The Kier molecular flexibility index (Phi) is 5.37. The maximum Gasteiger partial charge on any atom is 0.299 e. The monoisotopic (exact) mass is 289 g/mol. The normalized spacial score (nSPS) is 13.7. The van der Waals surface area contributed by atoms with Crippen molar-refractivity contribution in [3.8, 4) is 5.75 Å². The van der Waals surface area contributed by atoms with E-state index in [-0.39, 0.29) is 0 Å². The van der Waals surface area contributed by atoms with Gasteiger partial charge >= 0.3 is 0 Å². The number of nitrogens with zero attached hydrogens (tertiary/aromatic N) is 1. The van der Waals surface area contributed by atoms with E-state index in [0.29, 0.717) is 17.9 Å². The highest BCUT2D eigenvalue weighted by molar-refractivity contribution is 6.52. The molecule has 114 valence electrons. The lowest BCUT2D eigenvalue weighted by atomic mass is 10.1. The Morgan fingerprint density at radius 2 is 1.76 bits per heavy atom. The van der Waals surface area contributed by atoms with Crippen molar-refractivity contribution in [1.82, 2.24) is 0 Å². The molecule has 0 saturated heterocycles. The second-order valence-corrected chi connectivity index (χ2v) is 5.44. The fraction of sp³-hybridized carbons (Fsp3) is 0.529. The van der Waals surface area contributed by atoms with Crippen molar-refractivity contribution in [2.24, 2.45) is 0 Å². The van der Waals surface area contributed by atoms with Crippen LogP contribution in [0.3, 0.4) is 0 Å². The Morgan fingerprint density at radius 3 is 2.48 bits per heavy atom. The minimum absolute atomic E-state index is 0.410. The summed E-state index contributed by atoms with van der Waals surface area (Å²) in [6, 6.07) is 5.24. The molecule has 0 N–H and O–H groups in total. The Hall–Kier alpha value is -1.84. The third-order valence-corrected chi connectivity index (χ3v) is 3.91. The van der Waals surface area contributed by atoms with Crippen molar-refractivity contribution < 1.29 is 14.3 Å². The molecule has 0 aromatic heterocycles. The van der Waals surface area contributed by atoms with Gasteiger partial charge in [-0.1, -0.05) is 39.0 Å². The lowest BCUT2D eigenvalue weighted by Gasteiger charge is -2.16.